The van der Waals surface area contributed by atoms with E-state index in [1.807, 2.05) is 0 Å². The predicted molar refractivity (Wildman–Crippen MR) is 244 cm³/mol. The summed E-state index contributed by atoms with van der Waals surface area (Å²) in [5.41, 5.74) is 2.35. The van der Waals surface area contributed by atoms with E-state index >= 15 is 0 Å². The number of ether oxygens (including phenoxy) is 3. The number of esters is 1. The summed E-state index contributed by atoms with van der Waals surface area (Å²) < 4.78 is 18.1. The molecule has 7 nitrogen and oxygen atoms in total. The number of hydrogen-bond acceptors (Lipinski definition) is 7. The Morgan fingerprint density at radius 1 is 0.767 bits per heavy atom. The molecule has 0 aromatic rings. The van der Waals surface area contributed by atoms with E-state index in [1.54, 1.807) is 5.57 Å². The quantitative estimate of drug-likeness (QED) is 0.0477. The van der Waals surface area contributed by atoms with Gasteiger partial charge in [-0.15, -0.1) is 0 Å². The van der Waals surface area contributed by atoms with Gasteiger partial charge >= 0.3 is 5.97 Å². The lowest BCUT2D eigenvalue weighted by molar-refractivity contribution is -0.316. The fourth-order valence-corrected chi connectivity index (χ4v) is 13.0. The first-order chi connectivity index (χ1) is 28.8. The zero-order chi connectivity index (χ0) is 43.3. The Morgan fingerprint density at radius 3 is 1.98 bits per heavy atom. The Balaban J connectivity index is 1.02. The molecule has 0 spiro atoms. The van der Waals surface area contributed by atoms with Crippen LogP contribution in [-0.4, -0.2) is 64.7 Å². The van der Waals surface area contributed by atoms with Gasteiger partial charge in [0, 0.05) is 6.42 Å². The summed E-state index contributed by atoms with van der Waals surface area (Å²) in [4.78, 5) is 12.6. The fourth-order valence-electron chi connectivity index (χ4n) is 13.0. The van der Waals surface area contributed by atoms with Gasteiger partial charge in [0.15, 0.2) is 6.29 Å². The van der Waals surface area contributed by atoms with Crippen LogP contribution in [0.15, 0.2) is 23.8 Å². The number of unbranched alkanes of at least 4 members (excludes halogenated alkanes) is 14. The second-order valence-electron chi connectivity index (χ2n) is 21.5. The van der Waals surface area contributed by atoms with Crippen molar-refractivity contribution >= 4 is 5.97 Å². The number of allylic oxidation sites excluding steroid dienone is 4. The number of fused-ring (bicyclic) bond motifs is 5. The van der Waals surface area contributed by atoms with Crippen LogP contribution in [0.25, 0.3) is 0 Å². The van der Waals surface area contributed by atoms with Crippen LogP contribution in [0.4, 0.5) is 0 Å². The van der Waals surface area contributed by atoms with Crippen LogP contribution in [0, 0.1) is 52.3 Å². The van der Waals surface area contributed by atoms with Crippen LogP contribution in [-0.2, 0) is 19.0 Å². The van der Waals surface area contributed by atoms with Gasteiger partial charge in [-0.05, 0) is 116 Å². The highest BCUT2D eigenvalue weighted by Gasteiger charge is 2.58. The highest BCUT2D eigenvalue weighted by molar-refractivity contribution is 5.69. The van der Waals surface area contributed by atoms with E-state index in [0.717, 1.165) is 50.9 Å². The van der Waals surface area contributed by atoms with Crippen molar-refractivity contribution in [3.05, 3.63) is 23.8 Å². The lowest BCUT2D eigenvalue weighted by Gasteiger charge is -2.58. The summed E-state index contributed by atoms with van der Waals surface area (Å²) in [6.07, 6.45) is 31.1. The van der Waals surface area contributed by atoms with E-state index in [1.165, 1.54) is 109 Å². The summed E-state index contributed by atoms with van der Waals surface area (Å²) in [6.45, 7) is 16.8. The van der Waals surface area contributed by atoms with E-state index in [4.69, 9.17) is 14.2 Å². The van der Waals surface area contributed by atoms with Crippen molar-refractivity contribution in [2.24, 2.45) is 52.3 Å². The molecule has 0 unspecified atom stereocenters. The number of rotatable bonds is 25. The van der Waals surface area contributed by atoms with Crippen LogP contribution in [0.5, 0.6) is 0 Å². The zero-order valence-electron chi connectivity index (χ0n) is 39.6. The van der Waals surface area contributed by atoms with E-state index in [-0.39, 0.29) is 24.1 Å². The number of aliphatic hydroxyl groups is 3. The molecule has 4 aliphatic carbocycles. The first kappa shape index (κ1) is 49.8. The summed E-state index contributed by atoms with van der Waals surface area (Å²) in [5, 5.41) is 32.6. The van der Waals surface area contributed by atoms with Gasteiger partial charge in [-0.1, -0.05) is 162 Å². The minimum atomic E-state index is -1.44. The molecular weight excluding hydrogens is 749 g/mol. The molecular formula is C53H92O7. The third kappa shape index (κ3) is 12.7. The third-order valence-corrected chi connectivity index (χ3v) is 17.1. The summed E-state index contributed by atoms with van der Waals surface area (Å²) in [5.74, 6) is 4.18. The first-order valence-electron chi connectivity index (χ1n) is 25.7. The Bertz CT molecular complexity index is 1330. The number of aliphatic hydroxyl groups excluding tert-OH is 3. The SMILES string of the molecule is CCCCCCCCCCCCCCCCCC(=O)OC[C@H]1O[C@@H](O[C@H]2CC[C@@]3(C)[C@@H](CC=C4[C@@H]3CC[C@]3(C)[C@@H]([C@H](C)/C=C/[C@@H](CC)C(C)C)CC[C@@H]43)C2)[C@H](O)[C@@H](O)[C@@H]1O. The molecule has 3 saturated carbocycles. The summed E-state index contributed by atoms with van der Waals surface area (Å²) in [6, 6.07) is 0. The molecule has 0 aromatic heterocycles. The molecule has 1 saturated heterocycles. The minimum absolute atomic E-state index is 0.108. The molecule has 1 aliphatic heterocycles. The van der Waals surface area contributed by atoms with E-state index in [9.17, 15) is 20.1 Å². The van der Waals surface area contributed by atoms with Crippen molar-refractivity contribution in [3.8, 4) is 0 Å². The Labute approximate surface area is 367 Å². The second kappa shape index (κ2) is 24.2. The van der Waals surface area contributed by atoms with E-state index < -0.39 is 30.7 Å². The summed E-state index contributed by atoms with van der Waals surface area (Å²) in [7, 11) is 0. The monoisotopic (exact) mass is 841 g/mol. The van der Waals surface area contributed by atoms with Crippen LogP contribution < -0.4 is 0 Å². The van der Waals surface area contributed by atoms with Gasteiger partial charge in [-0.3, -0.25) is 4.79 Å². The van der Waals surface area contributed by atoms with Crippen molar-refractivity contribution in [2.45, 2.75) is 246 Å². The largest absolute Gasteiger partial charge is 0.463 e. The van der Waals surface area contributed by atoms with Crippen LogP contribution in [0.3, 0.4) is 0 Å². The van der Waals surface area contributed by atoms with Gasteiger partial charge in [0.25, 0.3) is 0 Å². The predicted octanol–water partition coefficient (Wildman–Crippen LogP) is 12.4. The molecule has 0 radical (unpaired) electrons. The number of hydrogen-bond donors (Lipinski definition) is 3. The molecule has 4 fully saturated rings. The van der Waals surface area contributed by atoms with Gasteiger partial charge < -0.3 is 29.5 Å². The van der Waals surface area contributed by atoms with Gasteiger partial charge in [0.1, 0.15) is 31.0 Å². The molecule has 14 atom stereocenters. The molecule has 346 valence electrons. The highest BCUT2D eigenvalue weighted by atomic mass is 16.7. The molecule has 5 aliphatic rings. The standard InChI is InChI=1S/C53H92O7/c1-8-10-11-12-13-14-15-16-17-18-19-20-21-22-23-24-47(54)58-36-46-48(55)49(56)50(57)51(60-46)59-41-31-33-52(6)40(35-41)27-28-42-44-30-29-43(53(44,7)34-32-45(42)52)38(5)25-26-39(9-2)37(3)4/h25-26,28,37-41,43-46,48-51,55-57H,8-24,27,29-36H2,1-7H3/b26-25+/t38-,39-,40+,41+,43-,44+,45+,46-,48-,49+,50-,51-,52+,53-/m1/s1. The van der Waals surface area contributed by atoms with Crippen LogP contribution >= 0.6 is 0 Å². The molecule has 0 aromatic carbocycles. The molecule has 3 N–H and O–H groups in total. The molecule has 0 bridgehead atoms. The maximum Gasteiger partial charge on any atom is 0.305 e. The minimum Gasteiger partial charge on any atom is -0.463 e. The van der Waals surface area contributed by atoms with E-state index in [2.05, 4.69) is 66.7 Å². The highest BCUT2D eigenvalue weighted by Crippen LogP contribution is 2.67. The van der Waals surface area contributed by atoms with Crippen molar-refractivity contribution in [1.82, 2.24) is 0 Å². The van der Waals surface area contributed by atoms with Crippen LogP contribution in [0.1, 0.15) is 209 Å². The molecule has 60 heavy (non-hydrogen) atoms. The molecule has 7 heteroatoms. The zero-order valence-corrected chi connectivity index (χ0v) is 39.6. The van der Waals surface area contributed by atoms with Crippen molar-refractivity contribution < 1.29 is 34.3 Å². The Kier molecular flexibility index (Phi) is 20.0. The Hall–Kier alpha value is -1.25. The topological polar surface area (TPSA) is 105 Å². The van der Waals surface area contributed by atoms with Crippen molar-refractivity contribution in [2.75, 3.05) is 6.61 Å². The number of carbonyl (C=O) groups excluding carboxylic acids is 1. The average Bonchev–Trinajstić information content (AvgIpc) is 3.59. The smallest absolute Gasteiger partial charge is 0.305 e. The number of carbonyl (C=O) groups is 1. The lowest BCUT2D eigenvalue weighted by Crippen LogP contribution is -2.60. The van der Waals surface area contributed by atoms with Crippen LogP contribution in [0.2, 0.25) is 0 Å². The van der Waals surface area contributed by atoms with E-state index in [0.29, 0.717) is 47.3 Å². The molecule has 0 amide bonds. The Morgan fingerprint density at radius 2 is 1.37 bits per heavy atom. The second-order valence-corrected chi connectivity index (χ2v) is 21.5. The van der Waals surface area contributed by atoms with Gasteiger partial charge in [-0.25, -0.2) is 0 Å². The van der Waals surface area contributed by atoms with Crippen molar-refractivity contribution in [1.29, 1.82) is 0 Å². The lowest BCUT2D eigenvalue weighted by atomic mass is 9.47. The molecule has 5 rings (SSSR count). The first-order valence-corrected chi connectivity index (χ1v) is 25.7. The average molecular weight is 841 g/mol. The van der Waals surface area contributed by atoms with Gasteiger partial charge in [0.2, 0.25) is 0 Å². The summed E-state index contributed by atoms with van der Waals surface area (Å²) >= 11 is 0. The molecule has 1 heterocycles. The maximum absolute atomic E-state index is 12.6. The van der Waals surface area contributed by atoms with Gasteiger partial charge in [-0.2, -0.15) is 0 Å². The maximum atomic E-state index is 12.6. The normalized spacial score (nSPS) is 36.4. The van der Waals surface area contributed by atoms with Gasteiger partial charge in [0.05, 0.1) is 6.10 Å². The fraction of sp³-hybridized carbons (Fsp3) is 0.906. The van der Waals surface area contributed by atoms with Crippen molar-refractivity contribution in [3.63, 3.8) is 0 Å². The third-order valence-electron chi connectivity index (χ3n) is 17.1.